The van der Waals surface area contributed by atoms with Crippen molar-refractivity contribution in [1.82, 2.24) is 10.2 Å². The van der Waals surface area contributed by atoms with Crippen LogP contribution in [0.3, 0.4) is 0 Å². The fourth-order valence-electron chi connectivity index (χ4n) is 3.30. The minimum atomic E-state index is -1.11. The maximum Gasteiger partial charge on any atom is 0.373 e. The average Bonchev–Trinajstić information content (AvgIpc) is 3.37. The summed E-state index contributed by atoms with van der Waals surface area (Å²) in [6.45, 7) is 1.74. The van der Waals surface area contributed by atoms with Gasteiger partial charge in [-0.15, -0.1) is 0 Å². The van der Waals surface area contributed by atoms with Crippen molar-refractivity contribution in [3.05, 3.63) is 47.4 Å². The molecule has 0 spiro atoms. The molecule has 1 atom stereocenters. The molecular formula is C19H18N2O7. The van der Waals surface area contributed by atoms with Crippen molar-refractivity contribution in [3.63, 3.8) is 0 Å². The number of ether oxygens (including phenoxy) is 3. The second-order valence-corrected chi connectivity index (χ2v) is 6.78. The van der Waals surface area contributed by atoms with Gasteiger partial charge in [0.2, 0.25) is 12.6 Å². The first-order valence-corrected chi connectivity index (χ1v) is 8.59. The molecule has 3 amide bonds. The summed E-state index contributed by atoms with van der Waals surface area (Å²) < 4.78 is 20.6. The van der Waals surface area contributed by atoms with Crippen LogP contribution in [0.2, 0.25) is 0 Å². The third kappa shape index (κ3) is 3.04. The highest BCUT2D eigenvalue weighted by molar-refractivity contribution is 6.06. The molecule has 28 heavy (non-hydrogen) atoms. The monoisotopic (exact) mass is 386 g/mol. The van der Waals surface area contributed by atoms with Crippen molar-refractivity contribution >= 4 is 17.9 Å². The second-order valence-electron chi connectivity index (χ2n) is 6.78. The smallest absolute Gasteiger partial charge is 0.373 e. The Bertz CT molecular complexity index is 967. The van der Waals surface area contributed by atoms with Crippen molar-refractivity contribution in [1.29, 1.82) is 0 Å². The average molecular weight is 386 g/mol. The normalized spacial score (nSPS) is 20.4. The summed E-state index contributed by atoms with van der Waals surface area (Å²) >= 11 is 0. The summed E-state index contributed by atoms with van der Waals surface area (Å²) in [6, 6.07) is 7.84. The van der Waals surface area contributed by atoms with Crippen LogP contribution in [-0.4, -0.2) is 42.2 Å². The lowest BCUT2D eigenvalue weighted by Gasteiger charge is -2.21. The van der Waals surface area contributed by atoms with E-state index in [0.29, 0.717) is 17.3 Å². The van der Waals surface area contributed by atoms with E-state index in [1.54, 1.807) is 19.1 Å². The Balaban J connectivity index is 1.49. The predicted octanol–water partition coefficient (Wildman–Crippen LogP) is 1.85. The maximum absolute atomic E-state index is 12.9. The molecule has 1 saturated heterocycles. The zero-order chi connectivity index (χ0) is 19.9. The molecule has 1 aromatic heterocycles. The van der Waals surface area contributed by atoms with Gasteiger partial charge in [0.25, 0.3) is 5.91 Å². The van der Waals surface area contributed by atoms with Crippen molar-refractivity contribution in [2.24, 2.45) is 0 Å². The number of carbonyl (C=O) groups excluding carboxylic acids is 3. The third-order valence-electron chi connectivity index (χ3n) is 4.70. The Kier molecular flexibility index (Phi) is 4.21. The largest absolute Gasteiger partial charge is 0.463 e. The third-order valence-corrected chi connectivity index (χ3v) is 4.70. The molecule has 0 aliphatic carbocycles. The van der Waals surface area contributed by atoms with Crippen LogP contribution in [0, 0.1) is 0 Å². The minimum Gasteiger partial charge on any atom is -0.463 e. The van der Waals surface area contributed by atoms with E-state index in [4.69, 9.17) is 13.9 Å². The minimum absolute atomic E-state index is 0.00711. The topological polar surface area (TPSA) is 107 Å². The van der Waals surface area contributed by atoms with Gasteiger partial charge >= 0.3 is 12.0 Å². The first-order chi connectivity index (χ1) is 13.4. The van der Waals surface area contributed by atoms with Crippen LogP contribution in [0.5, 0.6) is 11.5 Å². The lowest BCUT2D eigenvalue weighted by Crippen LogP contribution is -2.45. The number of benzene rings is 1. The maximum atomic E-state index is 12.9. The van der Waals surface area contributed by atoms with Crippen LogP contribution >= 0.6 is 0 Å². The highest BCUT2D eigenvalue weighted by Gasteiger charge is 2.48. The van der Waals surface area contributed by atoms with Crippen LogP contribution in [-0.2, 0) is 22.5 Å². The van der Waals surface area contributed by atoms with E-state index in [9.17, 15) is 14.4 Å². The fourth-order valence-corrected chi connectivity index (χ4v) is 3.30. The summed E-state index contributed by atoms with van der Waals surface area (Å²) in [6.07, 6.45) is 0.288. The molecule has 0 bridgehead atoms. The van der Waals surface area contributed by atoms with Crippen molar-refractivity contribution in [3.8, 4) is 11.5 Å². The number of hydrogen-bond acceptors (Lipinski definition) is 7. The number of rotatable bonds is 5. The van der Waals surface area contributed by atoms with Gasteiger partial charge in [0, 0.05) is 6.42 Å². The van der Waals surface area contributed by atoms with E-state index < -0.39 is 17.5 Å². The molecule has 9 heteroatoms. The van der Waals surface area contributed by atoms with Gasteiger partial charge in [-0.05, 0) is 36.8 Å². The van der Waals surface area contributed by atoms with Gasteiger partial charge in [-0.2, -0.15) is 0 Å². The van der Waals surface area contributed by atoms with Gasteiger partial charge in [0.15, 0.2) is 11.5 Å². The molecule has 1 fully saturated rings. The molecule has 2 aromatic rings. The molecule has 2 aliphatic heterocycles. The molecule has 146 valence electrons. The number of nitrogens with zero attached hydrogens (tertiary/aromatic N) is 1. The Labute approximate surface area is 160 Å². The Morgan fingerprint density at radius 1 is 1.21 bits per heavy atom. The molecule has 0 radical (unpaired) electrons. The molecule has 9 nitrogen and oxygen atoms in total. The number of methoxy groups -OCH3 is 1. The lowest BCUT2D eigenvalue weighted by atomic mass is 9.92. The molecule has 2 aliphatic rings. The molecular weight excluding hydrogens is 368 g/mol. The van der Waals surface area contributed by atoms with Gasteiger partial charge in [-0.3, -0.25) is 9.69 Å². The number of fused-ring (bicyclic) bond motifs is 1. The summed E-state index contributed by atoms with van der Waals surface area (Å²) in [5.74, 6) is 0.559. The number of urea groups is 1. The Hall–Kier alpha value is -3.49. The number of furan rings is 1. The van der Waals surface area contributed by atoms with Crippen molar-refractivity contribution in [2.75, 3.05) is 13.9 Å². The van der Waals surface area contributed by atoms with E-state index in [2.05, 4.69) is 10.1 Å². The molecule has 1 aromatic carbocycles. The van der Waals surface area contributed by atoms with Crippen molar-refractivity contribution in [2.45, 2.75) is 25.4 Å². The number of hydrogen-bond donors (Lipinski definition) is 1. The van der Waals surface area contributed by atoms with E-state index in [-0.39, 0.29) is 31.4 Å². The summed E-state index contributed by atoms with van der Waals surface area (Å²) in [7, 11) is 1.24. The predicted molar refractivity (Wildman–Crippen MR) is 93.8 cm³/mol. The van der Waals surface area contributed by atoms with Crippen molar-refractivity contribution < 1.29 is 33.0 Å². The fraction of sp³-hybridized carbons (Fsp3) is 0.316. The first kappa shape index (κ1) is 17.9. The zero-order valence-corrected chi connectivity index (χ0v) is 15.3. The number of esters is 1. The quantitative estimate of drug-likeness (QED) is 0.617. The number of imide groups is 1. The van der Waals surface area contributed by atoms with Crippen LogP contribution in [0.1, 0.15) is 28.8 Å². The van der Waals surface area contributed by atoms with Gasteiger partial charge in [-0.1, -0.05) is 6.07 Å². The Morgan fingerprint density at radius 3 is 2.79 bits per heavy atom. The van der Waals surface area contributed by atoms with Crippen LogP contribution in [0.25, 0.3) is 0 Å². The first-order valence-electron chi connectivity index (χ1n) is 8.59. The highest BCUT2D eigenvalue weighted by Crippen LogP contribution is 2.34. The standard InChI is InChI=1S/C19H18N2O7/c1-19(8-11-3-5-13-15(7-11)27-10-26-13)17(23)21(18(24)20-19)9-12-4-6-14(28-12)16(22)25-2/h3-7H,8-10H2,1-2H3,(H,20,24)/t19-/m1/s1. The van der Waals surface area contributed by atoms with E-state index >= 15 is 0 Å². The SMILES string of the molecule is COC(=O)c1ccc(CN2C(=O)N[C@](C)(Cc3ccc4c(c3)OCO4)C2=O)o1. The number of nitrogens with one attached hydrogen (secondary N) is 1. The lowest BCUT2D eigenvalue weighted by molar-refractivity contribution is -0.131. The summed E-state index contributed by atoms with van der Waals surface area (Å²) in [4.78, 5) is 37.9. The zero-order valence-electron chi connectivity index (χ0n) is 15.3. The summed E-state index contributed by atoms with van der Waals surface area (Å²) in [5.41, 5.74) is -0.282. The number of carbonyl (C=O) groups is 3. The van der Waals surface area contributed by atoms with E-state index in [0.717, 1.165) is 10.5 Å². The van der Waals surface area contributed by atoms with Gasteiger partial charge in [0.1, 0.15) is 11.3 Å². The molecule has 4 rings (SSSR count). The van der Waals surface area contributed by atoms with Gasteiger partial charge < -0.3 is 23.9 Å². The van der Waals surface area contributed by atoms with Gasteiger partial charge in [0.05, 0.1) is 13.7 Å². The van der Waals surface area contributed by atoms with Crippen LogP contribution in [0.4, 0.5) is 4.79 Å². The van der Waals surface area contributed by atoms with Crippen LogP contribution in [0.15, 0.2) is 34.7 Å². The highest BCUT2D eigenvalue weighted by atomic mass is 16.7. The molecule has 1 N–H and O–H groups in total. The van der Waals surface area contributed by atoms with Gasteiger partial charge in [-0.25, -0.2) is 9.59 Å². The molecule has 3 heterocycles. The molecule has 0 saturated carbocycles. The Morgan fingerprint density at radius 2 is 2.00 bits per heavy atom. The van der Waals surface area contributed by atoms with Crippen LogP contribution < -0.4 is 14.8 Å². The second kappa shape index (κ2) is 6.59. The van der Waals surface area contributed by atoms with E-state index in [1.165, 1.54) is 19.2 Å². The summed E-state index contributed by atoms with van der Waals surface area (Å²) in [5, 5.41) is 2.74. The van der Waals surface area contributed by atoms with E-state index in [1.807, 2.05) is 6.07 Å². The molecule has 0 unspecified atom stereocenters. The number of amides is 3.